The standard InChI is InChI=1S/C12H17N5O5/c1-13-12-15-9-6(10(20)16-12)14-4-17(9)11-8(21-2)7(19)5(3-18)22-11/h4-5,7-8,11,18-19H,3H2,1-2H3,(H2,13,15,16,20)/t5-,7-,8-,11-/m1/s1. The molecule has 0 radical (unpaired) electrons. The first-order valence-corrected chi connectivity index (χ1v) is 6.72. The number of aromatic amines is 1. The molecule has 0 unspecified atom stereocenters. The van der Waals surface area contributed by atoms with Crippen LogP contribution < -0.4 is 10.9 Å². The Morgan fingerprint density at radius 1 is 1.59 bits per heavy atom. The summed E-state index contributed by atoms with van der Waals surface area (Å²) in [5, 5.41) is 22.1. The molecule has 0 spiro atoms. The number of imidazole rings is 1. The van der Waals surface area contributed by atoms with Crippen LogP contribution in [0.15, 0.2) is 11.1 Å². The van der Waals surface area contributed by atoms with Crippen molar-refractivity contribution in [1.29, 1.82) is 0 Å². The minimum atomic E-state index is -0.997. The summed E-state index contributed by atoms with van der Waals surface area (Å²) in [6.45, 7) is -0.347. The van der Waals surface area contributed by atoms with Crippen LogP contribution in [0.5, 0.6) is 0 Å². The fraction of sp³-hybridized carbons (Fsp3) is 0.583. The number of nitrogens with one attached hydrogen (secondary N) is 2. The van der Waals surface area contributed by atoms with Gasteiger partial charge < -0.3 is 25.0 Å². The zero-order valence-electron chi connectivity index (χ0n) is 12.1. The van der Waals surface area contributed by atoms with Crippen LogP contribution in [-0.2, 0) is 9.47 Å². The lowest BCUT2D eigenvalue weighted by molar-refractivity contribution is -0.0583. The van der Waals surface area contributed by atoms with Crippen molar-refractivity contribution in [3.05, 3.63) is 16.7 Å². The maximum absolute atomic E-state index is 11.9. The highest BCUT2D eigenvalue weighted by Gasteiger charge is 2.45. The highest BCUT2D eigenvalue weighted by molar-refractivity contribution is 5.70. The van der Waals surface area contributed by atoms with Gasteiger partial charge in [0.25, 0.3) is 5.56 Å². The number of aromatic nitrogens is 4. The van der Waals surface area contributed by atoms with E-state index in [0.29, 0.717) is 5.65 Å². The Morgan fingerprint density at radius 2 is 2.36 bits per heavy atom. The second kappa shape index (κ2) is 5.65. The number of ether oxygens (including phenoxy) is 2. The van der Waals surface area contributed by atoms with E-state index in [1.165, 1.54) is 18.0 Å². The van der Waals surface area contributed by atoms with Crippen LogP contribution in [0.3, 0.4) is 0 Å². The number of anilines is 1. The lowest BCUT2D eigenvalue weighted by Crippen LogP contribution is -2.34. The Morgan fingerprint density at radius 3 is 3.00 bits per heavy atom. The molecular weight excluding hydrogens is 294 g/mol. The third-order valence-corrected chi connectivity index (χ3v) is 3.71. The lowest BCUT2D eigenvalue weighted by Gasteiger charge is -2.19. The molecule has 10 nitrogen and oxygen atoms in total. The molecular formula is C12H17N5O5. The number of aliphatic hydroxyl groups excluding tert-OH is 2. The van der Waals surface area contributed by atoms with E-state index in [1.807, 2.05) is 0 Å². The first-order valence-electron chi connectivity index (χ1n) is 6.72. The maximum atomic E-state index is 11.9. The topological polar surface area (TPSA) is 135 Å². The number of rotatable bonds is 4. The molecule has 22 heavy (non-hydrogen) atoms. The third-order valence-electron chi connectivity index (χ3n) is 3.71. The van der Waals surface area contributed by atoms with Crippen LogP contribution in [0, 0.1) is 0 Å². The molecule has 0 saturated carbocycles. The Hall–Kier alpha value is -2.01. The molecule has 0 bridgehead atoms. The number of nitrogens with zero attached hydrogens (tertiary/aromatic N) is 3. The average Bonchev–Trinajstić information content (AvgIpc) is 3.07. The molecule has 4 atom stereocenters. The minimum Gasteiger partial charge on any atom is -0.394 e. The summed E-state index contributed by atoms with van der Waals surface area (Å²) in [7, 11) is 3.06. The molecule has 1 fully saturated rings. The van der Waals surface area contributed by atoms with Crippen molar-refractivity contribution in [3.63, 3.8) is 0 Å². The van der Waals surface area contributed by atoms with Gasteiger partial charge in [-0.25, -0.2) is 4.98 Å². The van der Waals surface area contributed by atoms with Crippen LogP contribution in [0.1, 0.15) is 6.23 Å². The molecule has 1 aliphatic rings. The summed E-state index contributed by atoms with van der Waals surface area (Å²) in [6.07, 6.45) is -1.84. The van der Waals surface area contributed by atoms with E-state index in [0.717, 1.165) is 0 Å². The zero-order chi connectivity index (χ0) is 15.9. The fourth-order valence-corrected chi connectivity index (χ4v) is 2.58. The van der Waals surface area contributed by atoms with Gasteiger partial charge in [-0.1, -0.05) is 0 Å². The van der Waals surface area contributed by atoms with Crippen molar-refractivity contribution in [2.24, 2.45) is 0 Å². The Balaban J connectivity index is 2.10. The quantitative estimate of drug-likeness (QED) is 0.532. The summed E-state index contributed by atoms with van der Waals surface area (Å²) in [5.74, 6) is 0.283. The van der Waals surface area contributed by atoms with Crippen molar-refractivity contribution >= 4 is 17.1 Å². The van der Waals surface area contributed by atoms with E-state index in [2.05, 4.69) is 20.3 Å². The number of H-pyrrole nitrogens is 1. The molecule has 2 aromatic heterocycles. The summed E-state index contributed by atoms with van der Waals surface area (Å²) in [4.78, 5) is 22.8. The Labute approximate surface area is 124 Å². The molecule has 10 heteroatoms. The molecule has 3 heterocycles. The first kappa shape index (κ1) is 14.9. The van der Waals surface area contributed by atoms with Crippen molar-refractivity contribution < 1.29 is 19.7 Å². The van der Waals surface area contributed by atoms with Gasteiger partial charge in [-0.3, -0.25) is 14.3 Å². The van der Waals surface area contributed by atoms with Gasteiger partial charge in [-0.2, -0.15) is 4.98 Å². The van der Waals surface area contributed by atoms with Gasteiger partial charge in [0.1, 0.15) is 18.3 Å². The molecule has 120 valence electrons. The van der Waals surface area contributed by atoms with Crippen LogP contribution >= 0.6 is 0 Å². The molecule has 0 amide bonds. The normalized spacial score (nSPS) is 28.4. The molecule has 3 rings (SSSR count). The molecule has 1 aliphatic heterocycles. The SMILES string of the molecule is CNc1nc2c(ncn2[C@@H]2O[C@H](CO)[C@@H](O)[C@H]2OC)c(=O)[nH]1. The van der Waals surface area contributed by atoms with Gasteiger partial charge in [0.15, 0.2) is 17.4 Å². The molecule has 2 aromatic rings. The van der Waals surface area contributed by atoms with E-state index in [-0.39, 0.29) is 23.6 Å². The smallest absolute Gasteiger partial charge is 0.280 e. The van der Waals surface area contributed by atoms with Gasteiger partial charge in [0, 0.05) is 14.2 Å². The van der Waals surface area contributed by atoms with Crippen molar-refractivity contribution in [3.8, 4) is 0 Å². The van der Waals surface area contributed by atoms with Gasteiger partial charge in [0.05, 0.1) is 12.9 Å². The van der Waals surface area contributed by atoms with Gasteiger partial charge >= 0.3 is 0 Å². The van der Waals surface area contributed by atoms with Crippen LogP contribution in [0.4, 0.5) is 5.95 Å². The largest absolute Gasteiger partial charge is 0.394 e. The Bertz CT molecular complexity index is 728. The van der Waals surface area contributed by atoms with Crippen molar-refractivity contribution in [2.75, 3.05) is 26.1 Å². The summed E-state index contributed by atoms with van der Waals surface area (Å²) < 4.78 is 12.4. The highest BCUT2D eigenvalue weighted by Crippen LogP contribution is 2.32. The third kappa shape index (κ3) is 2.16. The van der Waals surface area contributed by atoms with Gasteiger partial charge in [-0.05, 0) is 0 Å². The predicted molar refractivity (Wildman–Crippen MR) is 75.5 cm³/mol. The average molecular weight is 311 g/mol. The predicted octanol–water partition coefficient (Wildman–Crippen LogP) is -1.57. The summed E-state index contributed by atoms with van der Waals surface area (Å²) >= 11 is 0. The zero-order valence-corrected chi connectivity index (χ0v) is 12.1. The van der Waals surface area contributed by atoms with Crippen LogP contribution in [-0.4, -0.2) is 68.8 Å². The van der Waals surface area contributed by atoms with Crippen molar-refractivity contribution in [1.82, 2.24) is 19.5 Å². The lowest BCUT2D eigenvalue weighted by atomic mass is 10.1. The monoisotopic (exact) mass is 311 g/mol. The van der Waals surface area contributed by atoms with E-state index in [1.54, 1.807) is 7.05 Å². The molecule has 0 aromatic carbocycles. The number of aliphatic hydroxyl groups is 2. The van der Waals surface area contributed by atoms with Crippen molar-refractivity contribution in [2.45, 2.75) is 24.5 Å². The summed E-state index contributed by atoms with van der Waals surface area (Å²) in [5.41, 5.74) is 0.0599. The van der Waals surface area contributed by atoms with E-state index < -0.39 is 24.5 Å². The number of fused-ring (bicyclic) bond motifs is 1. The van der Waals surface area contributed by atoms with E-state index in [4.69, 9.17) is 9.47 Å². The van der Waals surface area contributed by atoms with Crippen LogP contribution in [0.2, 0.25) is 0 Å². The maximum Gasteiger partial charge on any atom is 0.280 e. The molecule has 4 N–H and O–H groups in total. The van der Waals surface area contributed by atoms with Gasteiger partial charge in [-0.15, -0.1) is 0 Å². The fourth-order valence-electron chi connectivity index (χ4n) is 2.58. The minimum absolute atomic E-state index is 0.152. The number of methoxy groups -OCH3 is 1. The summed E-state index contributed by atoms with van der Waals surface area (Å²) in [6, 6.07) is 0. The second-order valence-electron chi connectivity index (χ2n) is 4.93. The number of hydrogen-bond donors (Lipinski definition) is 4. The first-order chi connectivity index (χ1) is 10.6. The number of hydrogen-bond acceptors (Lipinski definition) is 8. The molecule has 1 saturated heterocycles. The van der Waals surface area contributed by atoms with Gasteiger partial charge in [0.2, 0.25) is 5.95 Å². The van der Waals surface area contributed by atoms with E-state index in [9.17, 15) is 15.0 Å². The Kier molecular flexibility index (Phi) is 3.83. The highest BCUT2D eigenvalue weighted by atomic mass is 16.6. The molecule has 0 aliphatic carbocycles. The second-order valence-corrected chi connectivity index (χ2v) is 4.93. The van der Waals surface area contributed by atoms with Crippen LogP contribution in [0.25, 0.3) is 11.2 Å². The van der Waals surface area contributed by atoms with E-state index >= 15 is 0 Å².